The van der Waals surface area contributed by atoms with Crippen LogP contribution in [0.5, 0.6) is 0 Å². The Bertz CT molecular complexity index is 542. The van der Waals surface area contributed by atoms with Crippen LogP contribution in [0.25, 0.3) is 6.08 Å². The first-order valence-corrected chi connectivity index (χ1v) is 4.87. The number of carboxylic acid groups (broad SMARTS) is 1. The molecular weight excluding hydrogens is 224 g/mol. The van der Waals surface area contributed by atoms with E-state index < -0.39 is 17.9 Å². The summed E-state index contributed by atoms with van der Waals surface area (Å²) in [7, 11) is 0. The van der Waals surface area contributed by atoms with Crippen LogP contribution in [0.2, 0.25) is 0 Å². The van der Waals surface area contributed by atoms with E-state index in [1.54, 1.807) is 12.1 Å². The number of ether oxygens (including phenoxy) is 1. The highest BCUT2D eigenvalue weighted by Crippen LogP contribution is 2.21. The fourth-order valence-electron chi connectivity index (χ4n) is 1.50. The maximum absolute atomic E-state index is 11.2. The van der Waals surface area contributed by atoms with Gasteiger partial charge in [-0.3, -0.25) is 4.79 Å². The van der Waals surface area contributed by atoms with Crippen LogP contribution in [0.15, 0.2) is 24.3 Å². The van der Waals surface area contributed by atoms with Gasteiger partial charge in [0.25, 0.3) is 0 Å². The van der Waals surface area contributed by atoms with E-state index >= 15 is 0 Å². The van der Waals surface area contributed by atoms with Gasteiger partial charge < -0.3 is 9.84 Å². The fraction of sp³-hybridized carbons (Fsp3) is 0.0833. The van der Waals surface area contributed by atoms with E-state index in [2.05, 4.69) is 4.74 Å². The van der Waals surface area contributed by atoms with Gasteiger partial charge in [-0.2, -0.15) is 0 Å². The van der Waals surface area contributed by atoms with E-state index in [0.717, 1.165) is 0 Å². The van der Waals surface area contributed by atoms with Gasteiger partial charge in [0.1, 0.15) is 0 Å². The third kappa shape index (κ3) is 2.23. The second-order valence-electron chi connectivity index (χ2n) is 3.48. The smallest absolute Gasteiger partial charge is 0.346 e. The van der Waals surface area contributed by atoms with Crippen LogP contribution >= 0.6 is 0 Å². The minimum atomic E-state index is -0.933. The van der Waals surface area contributed by atoms with Gasteiger partial charge in [0.2, 0.25) is 0 Å². The highest BCUT2D eigenvalue weighted by atomic mass is 16.6. The van der Waals surface area contributed by atoms with Crippen molar-refractivity contribution in [1.29, 1.82) is 0 Å². The second kappa shape index (κ2) is 4.21. The number of aliphatic carboxylic acids is 1. The van der Waals surface area contributed by atoms with E-state index in [-0.39, 0.29) is 17.5 Å². The SMILES string of the molecule is O=C(O)CC=Cc1ccc2c(c1)C(=O)OC2=O. The number of hydrogen-bond acceptors (Lipinski definition) is 4. The zero-order chi connectivity index (χ0) is 12.4. The van der Waals surface area contributed by atoms with Gasteiger partial charge in [0, 0.05) is 0 Å². The molecule has 0 amide bonds. The molecule has 0 atom stereocenters. The van der Waals surface area contributed by atoms with Gasteiger partial charge in [0.05, 0.1) is 17.5 Å². The summed E-state index contributed by atoms with van der Waals surface area (Å²) in [5.41, 5.74) is 1.11. The maximum atomic E-state index is 11.2. The number of cyclic esters (lactones) is 2. The normalized spacial score (nSPS) is 13.9. The van der Waals surface area contributed by atoms with Crippen LogP contribution in [-0.4, -0.2) is 23.0 Å². The Labute approximate surface area is 96.3 Å². The zero-order valence-corrected chi connectivity index (χ0v) is 8.67. The lowest BCUT2D eigenvalue weighted by Gasteiger charge is -1.95. The van der Waals surface area contributed by atoms with Gasteiger partial charge in [-0.1, -0.05) is 18.2 Å². The Hall–Kier alpha value is -2.43. The molecule has 1 N–H and O–H groups in total. The van der Waals surface area contributed by atoms with Gasteiger partial charge >= 0.3 is 17.9 Å². The summed E-state index contributed by atoms with van der Waals surface area (Å²) in [6, 6.07) is 4.61. The average Bonchev–Trinajstić information content (AvgIpc) is 2.54. The zero-order valence-electron chi connectivity index (χ0n) is 8.67. The molecule has 0 aliphatic carbocycles. The van der Waals surface area contributed by atoms with Crippen LogP contribution in [0, 0.1) is 0 Å². The van der Waals surface area contributed by atoms with Crippen molar-refractivity contribution in [2.24, 2.45) is 0 Å². The molecular formula is C12H8O5. The molecule has 0 aromatic heterocycles. The predicted molar refractivity (Wildman–Crippen MR) is 57.5 cm³/mol. The second-order valence-corrected chi connectivity index (χ2v) is 3.48. The number of fused-ring (bicyclic) bond motifs is 1. The number of rotatable bonds is 3. The third-order valence-corrected chi connectivity index (χ3v) is 2.27. The predicted octanol–water partition coefficient (Wildman–Crippen LogP) is 1.49. The van der Waals surface area contributed by atoms with Crippen molar-refractivity contribution in [2.45, 2.75) is 6.42 Å². The topological polar surface area (TPSA) is 80.7 Å². The molecule has 0 radical (unpaired) electrons. The van der Waals surface area contributed by atoms with E-state index in [4.69, 9.17) is 5.11 Å². The van der Waals surface area contributed by atoms with Crippen LogP contribution < -0.4 is 0 Å². The van der Waals surface area contributed by atoms with Crippen molar-refractivity contribution in [3.63, 3.8) is 0 Å². The molecule has 0 spiro atoms. The summed E-state index contributed by atoms with van der Waals surface area (Å²) in [6.07, 6.45) is 2.94. The van der Waals surface area contributed by atoms with Crippen molar-refractivity contribution in [2.75, 3.05) is 0 Å². The average molecular weight is 232 g/mol. The minimum absolute atomic E-state index is 0.0968. The van der Waals surface area contributed by atoms with Crippen molar-refractivity contribution in [3.05, 3.63) is 41.0 Å². The number of carboxylic acids is 1. The molecule has 1 aromatic rings. The maximum Gasteiger partial charge on any atom is 0.346 e. The molecule has 1 heterocycles. The van der Waals surface area contributed by atoms with Gasteiger partial charge in [-0.25, -0.2) is 9.59 Å². The number of esters is 2. The molecule has 0 fully saturated rings. The van der Waals surface area contributed by atoms with Crippen LogP contribution in [0.3, 0.4) is 0 Å². The summed E-state index contributed by atoms with van der Waals surface area (Å²) < 4.78 is 4.43. The summed E-state index contributed by atoms with van der Waals surface area (Å²) in [5.74, 6) is -2.25. The highest BCUT2D eigenvalue weighted by Gasteiger charge is 2.29. The van der Waals surface area contributed by atoms with Crippen molar-refractivity contribution < 1.29 is 24.2 Å². The Kier molecular flexibility index (Phi) is 2.74. The van der Waals surface area contributed by atoms with Crippen LogP contribution in [0.1, 0.15) is 32.7 Å². The molecule has 0 unspecified atom stereocenters. The Morgan fingerprint density at radius 2 is 1.94 bits per heavy atom. The molecule has 0 saturated heterocycles. The lowest BCUT2D eigenvalue weighted by Crippen LogP contribution is -1.96. The molecule has 1 aromatic carbocycles. The van der Waals surface area contributed by atoms with Crippen LogP contribution in [0.4, 0.5) is 0 Å². The van der Waals surface area contributed by atoms with Gasteiger partial charge in [0.15, 0.2) is 0 Å². The molecule has 1 aliphatic heterocycles. The summed E-state index contributed by atoms with van der Waals surface area (Å²) in [5, 5.41) is 8.45. The number of hydrogen-bond donors (Lipinski definition) is 1. The number of carbonyl (C=O) groups excluding carboxylic acids is 2. The van der Waals surface area contributed by atoms with Gasteiger partial charge in [-0.15, -0.1) is 0 Å². The molecule has 0 bridgehead atoms. The Balaban J connectivity index is 2.26. The van der Waals surface area contributed by atoms with Crippen molar-refractivity contribution in [3.8, 4) is 0 Å². The fourth-order valence-corrected chi connectivity index (χ4v) is 1.50. The molecule has 0 saturated carbocycles. The number of carbonyl (C=O) groups is 3. The van der Waals surface area contributed by atoms with Crippen molar-refractivity contribution >= 4 is 24.0 Å². The summed E-state index contributed by atoms with van der Waals surface area (Å²) in [4.78, 5) is 32.7. The van der Waals surface area contributed by atoms with Crippen molar-refractivity contribution in [1.82, 2.24) is 0 Å². The standard InChI is InChI=1S/C12H8O5/c13-10(14)3-1-2-7-4-5-8-9(6-7)12(16)17-11(8)15/h1-2,4-6H,3H2,(H,13,14). The number of benzene rings is 1. The molecule has 5 heteroatoms. The lowest BCUT2D eigenvalue weighted by molar-refractivity contribution is -0.135. The van der Waals surface area contributed by atoms with E-state index in [0.29, 0.717) is 5.56 Å². The molecule has 1 aliphatic rings. The van der Waals surface area contributed by atoms with E-state index in [1.165, 1.54) is 18.2 Å². The minimum Gasteiger partial charge on any atom is -0.481 e. The first-order valence-electron chi connectivity index (χ1n) is 4.87. The van der Waals surface area contributed by atoms with E-state index in [9.17, 15) is 14.4 Å². The quantitative estimate of drug-likeness (QED) is 0.630. The molecule has 17 heavy (non-hydrogen) atoms. The lowest BCUT2D eigenvalue weighted by atomic mass is 10.1. The Morgan fingerprint density at radius 3 is 2.65 bits per heavy atom. The largest absolute Gasteiger partial charge is 0.481 e. The first-order chi connectivity index (χ1) is 8.08. The van der Waals surface area contributed by atoms with E-state index in [1.807, 2.05) is 0 Å². The van der Waals surface area contributed by atoms with Crippen LogP contribution in [-0.2, 0) is 9.53 Å². The highest BCUT2D eigenvalue weighted by molar-refractivity contribution is 6.14. The van der Waals surface area contributed by atoms with Gasteiger partial charge in [-0.05, 0) is 17.7 Å². The molecule has 86 valence electrons. The first kappa shape index (κ1) is 11.1. The molecule has 5 nitrogen and oxygen atoms in total. The summed E-state index contributed by atoms with van der Waals surface area (Å²) >= 11 is 0. The molecule has 2 rings (SSSR count). The monoisotopic (exact) mass is 232 g/mol. The third-order valence-electron chi connectivity index (χ3n) is 2.27. The Morgan fingerprint density at radius 1 is 1.24 bits per heavy atom. The summed E-state index contributed by atoms with van der Waals surface area (Å²) in [6.45, 7) is 0.